The molecule has 0 amide bonds. The molecule has 150 valence electrons. The lowest BCUT2D eigenvalue weighted by molar-refractivity contribution is 0.0243. The predicted molar refractivity (Wildman–Crippen MR) is 102 cm³/mol. The number of allylic oxidation sites excluding steroid dienone is 2. The first-order valence-corrected chi connectivity index (χ1v) is 11.2. The number of rotatable bonds is 6. The van der Waals surface area contributed by atoms with Crippen molar-refractivity contribution in [3.05, 3.63) is 11.6 Å². The maximum Gasteiger partial charge on any atom is 0.162 e. The molecule has 0 aromatic carbocycles. The molecule has 26 heavy (non-hydrogen) atoms. The highest BCUT2D eigenvalue weighted by molar-refractivity contribution is 5.14. The summed E-state index contributed by atoms with van der Waals surface area (Å²) in [6.45, 7) is 2.27. The topological polar surface area (TPSA) is 0 Å². The lowest BCUT2D eigenvalue weighted by atomic mass is 9.69. The van der Waals surface area contributed by atoms with E-state index in [1.54, 1.807) is 0 Å². The molecule has 0 radical (unpaired) electrons. The molecule has 3 rings (SSSR count). The average molecular weight is 371 g/mol. The molecule has 0 spiro atoms. The van der Waals surface area contributed by atoms with Crippen LogP contribution in [0.25, 0.3) is 0 Å². The lowest BCUT2D eigenvalue weighted by Crippen LogP contribution is -2.38. The molecule has 0 aliphatic heterocycles. The van der Waals surface area contributed by atoms with E-state index < -0.39 is 18.5 Å². The van der Waals surface area contributed by atoms with Crippen LogP contribution in [-0.2, 0) is 0 Å². The van der Waals surface area contributed by atoms with Gasteiger partial charge in [-0.15, -0.1) is 0 Å². The smallest absolute Gasteiger partial charge is 0.162 e. The molecule has 3 unspecified atom stereocenters. The van der Waals surface area contributed by atoms with Crippen LogP contribution in [0.3, 0.4) is 0 Å². The van der Waals surface area contributed by atoms with Crippen molar-refractivity contribution in [2.45, 2.75) is 109 Å². The summed E-state index contributed by atoms with van der Waals surface area (Å²) in [6, 6.07) is 0. The maximum atomic E-state index is 13.7. The van der Waals surface area contributed by atoms with Crippen molar-refractivity contribution >= 4 is 0 Å². The van der Waals surface area contributed by atoms with Crippen molar-refractivity contribution in [3.8, 4) is 0 Å². The van der Waals surface area contributed by atoms with E-state index in [4.69, 9.17) is 0 Å². The Morgan fingerprint density at radius 1 is 0.885 bits per heavy atom. The van der Waals surface area contributed by atoms with Crippen LogP contribution in [0.2, 0.25) is 0 Å². The Hall–Kier alpha value is -0.470. The highest BCUT2D eigenvalue weighted by Gasteiger charge is 2.40. The average Bonchev–Trinajstić information content (AvgIpc) is 2.67. The highest BCUT2D eigenvalue weighted by Crippen LogP contribution is 2.44. The van der Waals surface area contributed by atoms with Gasteiger partial charge in [0.15, 0.2) is 6.17 Å². The quantitative estimate of drug-likeness (QED) is 0.335. The fourth-order valence-electron chi connectivity index (χ4n) is 5.73. The van der Waals surface area contributed by atoms with Gasteiger partial charge in [0.1, 0.15) is 12.3 Å². The molecule has 0 heterocycles. The minimum absolute atomic E-state index is 0.0674. The molecule has 0 aromatic rings. The summed E-state index contributed by atoms with van der Waals surface area (Å²) in [6.07, 6.45) is 11.7. The molecule has 0 aromatic heterocycles. The zero-order chi connectivity index (χ0) is 18.5. The molecule has 0 N–H and O–H groups in total. The summed E-state index contributed by atoms with van der Waals surface area (Å²) in [5, 5.41) is 0. The summed E-state index contributed by atoms with van der Waals surface area (Å²) in [5.74, 6) is 2.49. The van der Waals surface area contributed by atoms with Crippen molar-refractivity contribution in [1.82, 2.24) is 0 Å². The maximum absolute atomic E-state index is 13.7. The second-order valence-corrected chi connectivity index (χ2v) is 9.23. The molecule has 2 fully saturated rings. The summed E-state index contributed by atoms with van der Waals surface area (Å²) >= 11 is 0. The summed E-state index contributed by atoms with van der Waals surface area (Å²) in [5.41, 5.74) is 1.21. The van der Waals surface area contributed by atoms with Gasteiger partial charge in [-0.2, -0.15) is 0 Å². The molecular formula is C23H37F3. The monoisotopic (exact) mass is 370 g/mol. The highest BCUT2D eigenvalue weighted by atomic mass is 19.2. The number of unbranched alkanes of at least 4 members (excludes halogenated alkanes) is 2. The van der Waals surface area contributed by atoms with Crippen LogP contribution < -0.4 is 0 Å². The number of alkyl halides is 3. The standard InChI is InChI=1S/C23H37F3/c1-2-3-4-5-16-6-8-17(9-7-16)18-10-12-19(13-11-18)20-14-21(24)23(26)22(25)15-20/h12,16-18,20-23H,2-11,13-15H2,1H3. The SMILES string of the molecule is CCCCCC1CCC(C2CC=C(C3CC(F)C(F)C(F)C3)CC2)CC1. The second-order valence-electron chi connectivity index (χ2n) is 9.23. The van der Waals surface area contributed by atoms with Crippen LogP contribution in [0.5, 0.6) is 0 Å². The molecule has 0 bridgehead atoms. The second kappa shape index (κ2) is 9.64. The Balaban J connectivity index is 1.43. The van der Waals surface area contributed by atoms with E-state index in [0.717, 1.165) is 30.6 Å². The van der Waals surface area contributed by atoms with Gasteiger partial charge in [-0.25, -0.2) is 13.2 Å². The van der Waals surface area contributed by atoms with Gasteiger partial charge in [0.2, 0.25) is 0 Å². The number of hydrogen-bond donors (Lipinski definition) is 0. The van der Waals surface area contributed by atoms with Crippen molar-refractivity contribution in [2.24, 2.45) is 23.7 Å². The zero-order valence-corrected chi connectivity index (χ0v) is 16.4. The first-order valence-electron chi connectivity index (χ1n) is 11.2. The van der Waals surface area contributed by atoms with Gasteiger partial charge in [0.25, 0.3) is 0 Å². The summed E-state index contributed by atoms with van der Waals surface area (Å²) < 4.78 is 40.8. The predicted octanol–water partition coefficient (Wildman–Crippen LogP) is 7.52. The number of hydrogen-bond acceptors (Lipinski definition) is 0. The van der Waals surface area contributed by atoms with E-state index in [2.05, 4.69) is 13.0 Å². The molecule has 0 saturated heterocycles. The van der Waals surface area contributed by atoms with Crippen LogP contribution in [0.1, 0.15) is 90.4 Å². The van der Waals surface area contributed by atoms with Gasteiger partial charge in [-0.05, 0) is 68.6 Å². The van der Waals surface area contributed by atoms with E-state index in [1.165, 1.54) is 63.4 Å². The molecule has 0 nitrogen and oxygen atoms in total. The van der Waals surface area contributed by atoms with E-state index in [-0.39, 0.29) is 18.8 Å². The fraction of sp³-hybridized carbons (Fsp3) is 0.913. The van der Waals surface area contributed by atoms with Crippen molar-refractivity contribution in [1.29, 1.82) is 0 Å². The first kappa shape index (κ1) is 20.3. The Kier molecular flexibility index (Phi) is 7.52. The van der Waals surface area contributed by atoms with Crippen LogP contribution in [-0.4, -0.2) is 18.5 Å². The van der Waals surface area contributed by atoms with E-state index in [9.17, 15) is 13.2 Å². The molecule has 3 aliphatic carbocycles. The molecule has 3 atom stereocenters. The normalized spacial score (nSPS) is 41.7. The van der Waals surface area contributed by atoms with Crippen LogP contribution in [0, 0.1) is 23.7 Å². The fourth-order valence-corrected chi connectivity index (χ4v) is 5.73. The molecule has 3 aliphatic rings. The van der Waals surface area contributed by atoms with Gasteiger partial charge < -0.3 is 0 Å². The largest absolute Gasteiger partial charge is 0.244 e. The number of halogens is 3. The van der Waals surface area contributed by atoms with Crippen LogP contribution in [0.15, 0.2) is 11.6 Å². The van der Waals surface area contributed by atoms with E-state index >= 15 is 0 Å². The molecule has 3 heteroatoms. The first-order chi connectivity index (χ1) is 12.6. The Morgan fingerprint density at radius 3 is 2.15 bits per heavy atom. The van der Waals surface area contributed by atoms with Gasteiger partial charge in [-0.3, -0.25) is 0 Å². The Labute approximate surface area is 158 Å². The summed E-state index contributed by atoms with van der Waals surface area (Å²) in [4.78, 5) is 0. The van der Waals surface area contributed by atoms with Crippen LogP contribution in [0.4, 0.5) is 13.2 Å². The van der Waals surface area contributed by atoms with Gasteiger partial charge in [0, 0.05) is 0 Å². The zero-order valence-electron chi connectivity index (χ0n) is 16.4. The van der Waals surface area contributed by atoms with Crippen LogP contribution >= 0.6 is 0 Å². The van der Waals surface area contributed by atoms with Gasteiger partial charge in [-0.1, -0.05) is 57.1 Å². The third-order valence-electron chi connectivity index (χ3n) is 7.50. The van der Waals surface area contributed by atoms with Gasteiger partial charge >= 0.3 is 0 Å². The third kappa shape index (κ3) is 5.07. The Bertz CT molecular complexity index is 440. The van der Waals surface area contributed by atoms with E-state index in [1.807, 2.05) is 0 Å². The third-order valence-corrected chi connectivity index (χ3v) is 7.50. The van der Waals surface area contributed by atoms with Crippen molar-refractivity contribution in [3.63, 3.8) is 0 Å². The van der Waals surface area contributed by atoms with E-state index in [0.29, 0.717) is 0 Å². The Morgan fingerprint density at radius 2 is 1.58 bits per heavy atom. The minimum Gasteiger partial charge on any atom is -0.244 e. The van der Waals surface area contributed by atoms with Gasteiger partial charge in [0.05, 0.1) is 0 Å². The molecule has 2 saturated carbocycles. The van der Waals surface area contributed by atoms with Crippen molar-refractivity contribution < 1.29 is 13.2 Å². The minimum atomic E-state index is -1.91. The lowest BCUT2D eigenvalue weighted by Gasteiger charge is -2.38. The molecular weight excluding hydrogens is 333 g/mol. The van der Waals surface area contributed by atoms with Crippen molar-refractivity contribution in [2.75, 3.05) is 0 Å². The summed E-state index contributed by atoms with van der Waals surface area (Å²) in [7, 11) is 0.